The van der Waals surface area contributed by atoms with Crippen molar-refractivity contribution in [2.75, 3.05) is 7.11 Å². The second-order valence-corrected chi connectivity index (χ2v) is 10.6. The number of carbonyl (C=O) groups is 1. The number of ether oxygens (including phenoxy) is 1. The predicted octanol–water partition coefficient (Wildman–Crippen LogP) is 1.82. The van der Waals surface area contributed by atoms with Gasteiger partial charge >= 0.3 is 5.97 Å². The van der Waals surface area contributed by atoms with Gasteiger partial charge in [0.1, 0.15) is 8.07 Å². The Bertz CT molecular complexity index is 502. The molecule has 0 saturated heterocycles. The zero-order valence-electron chi connectivity index (χ0n) is 12.8. The first-order valence-electron chi connectivity index (χ1n) is 6.35. The molecule has 0 fully saturated rings. The highest BCUT2D eigenvalue weighted by Gasteiger charge is 2.32. The van der Waals surface area contributed by atoms with Crippen molar-refractivity contribution >= 4 is 14.0 Å². The molecule has 4 heteroatoms. The lowest BCUT2D eigenvalue weighted by Crippen LogP contribution is -2.28. The van der Waals surface area contributed by atoms with Crippen molar-refractivity contribution in [2.24, 2.45) is 5.41 Å². The third-order valence-corrected chi connectivity index (χ3v) is 3.37. The highest BCUT2D eigenvalue weighted by atomic mass is 28.3. The summed E-state index contributed by atoms with van der Waals surface area (Å²) >= 11 is 0. The van der Waals surface area contributed by atoms with Gasteiger partial charge in [-0.1, -0.05) is 37.4 Å². The van der Waals surface area contributed by atoms with Gasteiger partial charge < -0.3 is 9.84 Å². The summed E-state index contributed by atoms with van der Waals surface area (Å²) in [7, 11) is -0.203. The molecule has 0 aromatic rings. The van der Waals surface area contributed by atoms with E-state index < -0.39 is 25.6 Å². The summed E-state index contributed by atoms with van der Waals surface area (Å²) in [6.45, 7) is 7.96. The van der Waals surface area contributed by atoms with Gasteiger partial charge in [0.25, 0.3) is 0 Å². The Labute approximate surface area is 123 Å². The molecule has 0 aliphatic heterocycles. The van der Waals surface area contributed by atoms with Gasteiger partial charge in [-0.05, 0) is 6.92 Å². The molecule has 0 aromatic heterocycles. The lowest BCUT2D eigenvalue weighted by molar-refractivity contribution is -0.151. The third-order valence-electron chi connectivity index (χ3n) is 2.47. The number of methoxy groups -OCH3 is 1. The maximum absolute atomic E-state index is 11.7. The lowest BCUT2D eigenvalue weighted by Gasteiger charge is -2.21. The fraction of sp³-hybridized carbons (Fsp3) is 0.562. The van der Waals surface area contributed by atoms with Gasteiger partial charge in [0.2, 0.25) is 0 Å². The second kappa shape index (κ2) is 7.80. The van der Waals surface area contributed by atoms with Crippen molar-refractivity contribution in [2.45, 2.75) is 45.5 Å². The second-order valence-electron chi connectivity index (χ2n) is 5.85. The Morgan fingerprint density at radius 2 is 1.95 bits per heavy atom. The highest BCUT2D eigenvalue weighted by Crippen LogP contribution is 2.26. The standard InChI is InChI=1S/C16H22O3Si/c1-7-11-16(2,15(18)19-3)12-8-9-14(17)10-13-20(4,5)6/h1,14,17H,11-12H2,2-6H3. The molecule has 0 aromatic carbocycles. The van der Waals surface area contributed by atoms with Gasteiger partial charge in [0, 0.05) is 12.8 Å². The van der Waals surface area contributed by atoms with Crippen molar-refractivity contribution in [1.29, 1.82) is 0 Å². The monoisotopic (exact) mass is 290 g/mol. The average Bonchev–Trinajstić information content (AvgIpc) is 2.34. The van der Waals surface area contributed by atoms with Crippen molar-refractivity contribution in [3.8, 4) is 35.6 Å². The molecule has 2 atom stereocenters. The van der Waals surface area contributed by atoms with Gasteiger partial charge in [-0.2, -0.15) is 0 Å². The molecule has 0 spiro atoms. The van der Waals surface area contributed by atoms with E-state index in [-0.39, 0.29) is 12.8 Å². The summed E-state index contributed by atoms with van der Waals surface area (Å²) in [5, 5.41) is 9.65. The summed E-state index contributed by atoms with van der Waals surface area (Å²) in [6.07, 6.45) is 4.74. The molecule has 0 heterocycles. The number of hydrogen-bond acceptors (Lipinski definition) is 3. The molecule has 2 unspecified atom stereocenters. The number of hydrogen-bond donors (Lipinski definition) is 1. The van der Waals surface area contributed by atoms with E-state index in [0.717, 1.165) is 0 Å². The van der Waals surface area contributed by atoms with Gasteiger partial charge in [0.05, 0.1) is 12.5 Å². The van der Waals surface area contributed by atoms with Crippen LogP contribution in [0.2, 0.25) is 19.6 Å². The van der Waals surface area contributed by atoms with E-state index in [0.29, 0.717) is 0 Å². The van der Waals surface area contributed by atoms with E-state index in [4.69, 9.17) is 11.2 Å². The zero-order chi connectivity index (χ0) is 15.8. The van der Waals surface area contributed by atoms with E-state index in [1.165, 1.54) is 7.11 Å². The Balaban J connectivity index is 4.82. The average molecular weight is 290 g/mol. The molecular weight excluding hydrogens is 268 g/mol. The normalized spacial score (nSPS) is 14.4. The van der Waals surface area contributed by atoms with Crippen LogP contribution in [0.4, 0.5) is 0 Å². The molecule has 0 rings (SSSR count). The number of rotatable bonds is 3. The van der Waals surface area contributed by atoms with E-state index >= 15 is 0 Å². The number of aliphatic hydroxyl groups is 1. The molecule has 0 radical (unpaired) electrons. The Hall–Kier alpha value is -1.67. The fourth-order valence-corrected chi connectivity index (χ4v) is 1.91. The van der Waals surface area contributed by atoms with Crippen LogP contribution < -0.4 is 0 Å². The van der Waals surface area contributed by atoms with Crippen LogP contribution in [-0.2, 0) is 9.53 Å². The smallest absolute Gasteiger partial charge is 0.313 e. The maximum atomic E-state index is 11.7. The van der Waals surface area contributed by atoms with Gasteiger partial charge in [-0.3, -0.25) is 4.79 Å². The minimum atomic E-state index is -1.52. The summed E-state index contributed by atoms with van der Waals surface area (Å²) < 4.78 is 4.73. The van der Waals surface area contributed by atoms with Crippen molar-refractivity contribution in [3.05, 3.63) is 0 Å². The first-order chi connectivity index (χ1) is 9.14. The van der Waals surface area contributed by atoms with Crippen LogP contribution in [0.5, 0.6) is 0 Å². The molecule has 0 amide bonds. The first-order valence-corrected chi connectivity index (χ1v) is 9.85. The minimum absolute atomic E-state index is 0.232. The van der Waals surface area contributed by atoms with Crippen molar-refractivity contribution in [1.82, 2.24) is 0 Å². The largest absolute Gasteiger partial charge is 0.469 e. The summed E-state index contributed by atoms with van der Waals surface area (Å²) in [4.78, 5) is 11.7. The van der Waals surface area contributed by atoms with Crippen LogP contribution >= 0.6 is 0 Å². The van der Waals surface area contributed by atoms with E-state index in [1.54, 1.807) is 6.92 Å². The van der Waals surface area contributed by atoms with Crippen LogP contribution in [0.25, 0.3) is 0 Å². The summed E-state index contributed by atoms with van der Waals surface area (Å²) in [6, 6.07) is 0. The molecule has 0 bridgehead atoms. The Morgan fingerprint density at radius 1 is 1.35 bits per heavy atom. The zero-order valence-corrected chi connectivity index (χ0v) is 13.8. The van der Waals surface area contributed by atoms with Crippen LogP contribution in [-0.4, -0.2) is 32.4 Å². The van der Waals surface area contributed by atoms with E-state index in [9.17, 15) is 9.90 Å². The Morgan fingerprint density at radius 3 is 2.40 bits per heavy atom. The number of terminal acetylenes is 1. The number of aliphatic hydroxyl groups excluding tert-OH is 1. The summed E-state index contributed by atoms with van der Waals surface area (Å²) in [5.74, 6) is 10.2. The van der Waals surface area contributed by atoms with Crippen molar-refractivity contribution < 1.29 is 14.6 Å². The third kappa shape index (κ3) is 7.05. The van der Waals surface area contributed by atoms with Crippen LogP contribution in [0.3, 0.4) is 0 Å². The minimum Gasteiger partial charge on any atom is -0.469 e. The molecule has 0 aliphatic carbocycles. The van der Waals surface area contributed by atoms with E-state index in [1.807, 2.05) is 0 Å². The summed E-state index contributed by atoms with van der Waals surface area (Å²) in [5.41, 5.74) is 2.20. The van der Waals surface area contributed by atoms with Crippen LogP contribution in [0.1, 0.15) is 19.8 Å². The van der Waals surface area contributed by atoms with Crippen molar-refractivity contribution in [3.63, 3.8) is 0 Å². The number of esters is 1. The number of carbonyl (C=O) groups excluding carboxylic acids is 1. The fourth-order valence-electron chi connectivity index (χ4n) is 1.34. The molecule has 1 N–H and O–H groups in total. The van der Waals surface area contributed by atoms with Gasteiger partial charge in [-0.25, -0.2) is 0 Å². The highest BCUT2D eigenvalue weighted by molar-refractivity contribution is 6.83. The Kier molecular flexibility index (Phi) is 7.15. The van der Waals surface area contributed by atoms with Gasteiger partial charge in [0.15, 0.2) is 6.10 Å². The molecule has 3 nitrogen and oxygen atoms in total. The molecular formula is C16H22O3Si. The predicted molar refractivity (Wildman–Crippen MR) is 83.1 cm³/mol. The lowest BCUT2D eigenvalue weighted by atomic mass is 9.84. The van der Waals surface area contributed by atoms with E-state index in [2.05, 4.69) is 48.9 Å². The SMILES string of the molecule is C#CCC(C)(CC#CC(O)C#C[Si](C)(C)C)C(=O)OC. The molecule has 0 saturated carbocycles. The van der Waals surface area contributed by atoms with Crippen LogP contribution in [0.15, 0.2) is 0 Å². The first kappa shape index (κ1) is 18.3. The maximum Gasteiger partial charge on any atom is 0.313 e. The molecule has 108 valence electrons. The van der Waals surface area contributed by atoms with Crippen LogP contribution in [0, 0.1) is 41.1 Å². The molecule has 20 heavy (non-hydrogen) atoms. The van der Waals surface area contributed by atoms with Gasteiger partial charge in [-0.15, -0.1) is 17.9 Å². The quantitative estimate of drug-likeness (QED) is 0.490. The molecule has 0 aliphatic rings. The topological polar surface area (TPSA) is 46.5 Å².